The standard InChI is InChI=1S/C74H143NO5/c1-3-5-7-9-11-13-15-17-18-19-34-38-41-44-48-52-56-60-64-68-74(79)80-69-65-61-57-53-49-45-42-39-36-33-31-29-27-25-23-21-20-22-24-26-28-30-32-35-37-40-43-47-51-55-59-63-67-73(78)75-71(70-76)72(77)66-62-58-54-50-46-16-14-12-10-8-6-4-2/h17-18,23,25,71-72,76-77H,3-16,19-22,24,26-70H2,1-2H3,(H,75,78)/b18-17-,25-23-. The predicted octanol–water partition coefficient (Wildman–Crippen LogP) is 23.7. The summed E-state index contributed by atoms with van der Waals surface area (Å²) >= 11 is 0. The van der Waals surface area contributed by atoms with Crippen LogP contribution in [0.1, 0.15) is 412 Å². The van der Waals surface area contributed by atoms with Gasteiger partial charge < -0.3 is 20.3 Å². The van der Waals surface area contributed by atoms with E-state index < -0.39 is 12.1 Å². The van der Waals surface area contributed by atoms with E-state index in [0.717, 1.165) is 38.5 Å². The largest absolute Gasteiger partial charge is 0.466 e. The van der Waals surface area contributed by atoms with Gasteiger partial charge in [0.1, 0.15) is 0 Å². The van der Waals surface area contributed by atoms with Crippen LogP contribution < -0.4 is 5.32 Å². The number of amides is 1. The van der Waals surface area contributed by atoms with Crippen LogP contribution in [0.4, 0.5) is 0 Å². The fraction of sp³-hybridized carbons (Fsp3) is 0.919. The van der Waals surface area contributed by atoms with Gasteiger partial charge in [-0.1, -0.05) is 346 Å². The maximum atomic E-state index is 12.5. The molecule has 2 atom stereocenters. The van der Waals surface area contributed by atoms with E-state index in [1.54, 1.807) is 0 Å². The molecule has 0 saturated carbocycles. The second-order valence-corrected chi connectivity index (χ2v) is 25.3. The Morgan fingerprint density at radius 2 is 0.588 bits per heavy atom. The lowest BCUT2D eigenvalue weighted by Gasteiger charge is -2.22. The van der Waals surface area contributed by atoms with E-state index in [4.69, 9.17) is 4.74 Å². The van der Waals surface area contributed by atoms with Crippen molar-refractivity contribution < 1.29 is 24.5 Å². The van der Waals surface area contributed by atoms with E-state index >= 15 is 0 Å². The van der Waals surface area contributed by atoms with Gasteiger partial charge in [-0.15, -0.1) is 0 Å². The molecular formula is C74H143NO5. The Morgan fingerprint density at radius 1 is 0.338 bits per heavy atom. The van der Waals surface area contributed by atoms with Crippen LogP contribution in [0.3, 0.4) is 0 Å². The maximum Gasteiger partial charge on any atom is 0.305 e. The van der Waals surface area contributed by atoms with Gasteiger partial charge in [-0.05, 0) is 77.0 Å². The quantitative estimate of drug-likeness (QED) is 0.0320. The second kappa shape index (κ2) is 69.8. The molecule has 474 valence electrons. The highest BCUT2D eigenvalue weighted by Crippen LogP contribution is 2.19. The number of hydrogen-bond donors (Lipinski definition) is 3. The van der Waals surface area contributed by atoms with Gasteiger partial charge in [0.25, 0.3) is 0 Å². The molecule has 0 rings (SSSR count). The van der Waals surface area contributed by atoms with Crippen molar-refractivity contribution >= 4 is 11.9 Å². The molecule has 6 heteroatoms. The first-order chi connectivity index (χ1) is 39.5. The molecule has 2 unspecified atom stereocenters. The van der Waals surface area contributed by atoms with Crippen LogP contribution in [0.5, 0.6) is 0 Å². The van der Waals surface area contributed by atoms with Crippen LogP contribution in [-0.4, -0.2) is 47.4 Å². The molecular weight excluding hydrogens is 983 g/mol. The Morgan fingerprint density at radius 3 is 0.887 bits per heavy atom. The first-order valence-corrected chi connectivity index (χ1v) is 36.6. The molecule has 0 aliphatic carbocycles. The van der Waals surface area contributed by atoms with Crippen molar-refractivity contribution in [2.75, 3.05) is 13.2 Å². The molecule has 1 amide bonds. The first-order valence-electron chi connectivity index (χ1n) is 36.6. The minimum Gasteiger partial charge on any atom is -0.466 e. The van der Waals surface area contributed by atoms with Gasteiger partial charge in [-0.3, -0.25) is 9.59 Å². The van der Waals surface area contributed by atoms with Gasteiger partial charge in [0.2, 0.25) is 5.91 Å². The fourth-order valence-corrected chi connectivity index (χ4v) is 11.6. The van der Waals surface area contributed by atoms with Crippen molar-refractivity contribution in [2.45, 2.75) is 424 Å². The average molecular weight is 1130 g/mol. The summed E-state index contributed by atoms with van der Waals surface area (Å²) < 4.78 is 5.51. The lowest BCUT2D eigenvalue weighted by Crippen LogP contribution is -2.45. The van der Waals surface area contributed by atoms with Gasteiger partial charge in [-0.2, -0.15) is 0 Å². The Labute approximate surface area is 501 Å². The van der Waals surface area contributed by atoms with E-state index in [1.807, 2.05) is 0 Å². The molecule has 3 N–H and O–H groups in total. The highest BCUT2D eigenvalue weighted by molar-refractivity contribution is 5.76. The molecule has 0 aliphatic heterocycles. The number of ether oxygens (including phenoxy) is 1. The van der Waals surface area contributed by atoms with Crippen molar-refractivity contribution in [3.63, 3.8) is 0 Å². The molecule has 6 nitrogen and oxygen atoms in total. The van der Waals surface area contributed by atoms with Crippen LogP contribution in [0.2, 0.25) is 0 Å². The number of rotatable bonds is 69. The third-order valence-electron chi connectivity index (χ3n) is 17.2. The third kappa shape index (κ3) is 65.5. The number of allylic oxidation sites excluding steroid dienone is 4. The number of aliphatic hydroxyl groups excluding tert-OH is 2. The van der Waals surface area contributed by atoms with E-state index in [1.165, 1.54) is 340 Å². The summed E-state index contributed by atoms with van der Waals surface area (Å²) in [5.74, 6) is -0.0122. The van der Waals surface area contributed by atoms with Gasteiger partial charge in [0.15, 0.2) is 0 Å². The number of nitrogens with one attached hydrogen (secondary N) is 1. The molecule has 0 aromatic rings. The molecule has 0 radical (unpaired) electrons. The van der Waals surface area contributed by atoms with Crippen LogP contribution in [0, 0.1) is 0 Å². The Hall–Kier alpha value is -1.66. The highest BCUT2D eigenvalue weighted by atomic mass is 16.5. The first kappa shape index (κ1) is 78.3. The number of hydrogen-bond acceptors (Lipinski definition) is 5. The van der Waals surface area contributed by atoms with Gasteiger partial charge in [0, 0.05) is 12.8 Å². The summed E-state index contributed by atoms with van der Waals surface area (Å²) in [4.78, 5) is 24.6. The zero-order chi connectivity index (χ0) is 57.8. The minimum absolute atomic E-state index is 0.0185. The smallest absolute Gasteiger partial charge is 0.305 e. The Balaban J connectivity index is 3.32. The molecule has 0 spiro atoms. The van der Waals surface area contributed by atoms with Crippen molar-refractivity contribution in [3.05, 3.63) is 24.3 Å². The van der Waals surface area contributed by atoms with Crippen LogP contribution in [0.25, 0.3) is 0 Å². The SMILES string of the molecule is CCCCCCCC/C=C\CCCCCCCCCCCC(=O)OCCCCCCCCCCCCCC/C=C\CCCCCCCCCCCCCCCCCCC(=O)NC(CO)C(O)CCCCCCCCCCCCCC. The van der Waals surface area contributed by atoms with Gasteiger partial charge in [0.05, 0.1) is 25.4 Å². The van der Waals surface area contributed by atoms with Gasteiger partial charge in [-0.25, -0.2) is 0 Å². The van der Waals surface area contributed by atoms with Crippen molar-refractivity contribution in [2.24, 2.45) is 0 Å². The summed E-state index contributed by atoms with van der Waals surface area (Å²) in [7, 11) is 0. The molecule has 0 heterocycles. The molecule has 0 saturated heterocycles. The van der Waals surface area contributed by atoms with E-state index in [2.05, 4.69) is 43.5 Å². The zero-order valence-electron chi connectivity index (χ0n) is 54.3. The lowest BCUT2D eigenvalue weighted by atomic mass is 10.0. The fourth-order valence-electron chi connectivity index (χ4n) is 11.6. The Kier molecular flexibility index (Phi) is 68.4. The van der Waals surface area contributed by atoms with Crippen LogP contribution in [-0.2, 0) is 14.3 Å². The topological polar surface area (TPSA) is 95.9 Å². The lowest BCUT2D eigenvalue weighted by molar-refractivity contribution is -0.143. The zero-order valence-corrected chi connectivity index (χ0v) is 54.3. The van der Waals surface area contributed by atoms with Crippen molar-refractivity contribution in [3.8, 4) is 0 Å². The molecule has 0 bridgehead atoms. The van der Waals surface area contributed by atoms with Crippen LogP contribution >= 0.6 is 0 Å². The number of carbonyl (C=O) groups excluding carboxylic acids is 2. The number of aliphatic hydroxyl groups is 2. The van der Waals surface area contributed by atoms with Crippen molar-refractivity contribution in [1.29, 1.82) is 0 Å². The normalized spacial score (nSPS) is 12.6. The number of unbranched alkanes of at least 4 members (excludes halogenated alkanes) is 54. The van der Waals surface area contributed by atoms with E-state index in [-0.39, 0.29) is 18.5 Å². The van der Waals surface area contributed by atoms with E-state index in [9.17, 15) is 19.8 Å². The van der Waals surface area contributed by atoms with E-state index in [0.29, 0.717) is 25.9 Å². The predicted molar refractivity (Wildman–Crippen MR) is 352 cm³/mol. The molecule has 0 fully saturated rings. The summed E-state index contributed by atoms with van der Waals surface area (Å²) in [6, 6.07) is -0.538. The molecule has 0 aliphatic rings. The Bertz CT molecular complexity index is 1250. The summed E-state index contributed by atoms with van der Waals surface area (Å²) in [5, 5.41) is 23.3. The summed E-state index contributed by atoms with van der Waals surface area (Å²) in [5.41, 5.74) is 0. The molecule has 0 aromatic heterocycles. The average Bonchev–Trinajstić information content (AvgIpc) is 3.46. The highest BCUT2D eigenvalue weighted by Gasteiger charge is 2.20. The molecule has 0 aromatic carbocycles. The monoisotopic (exact) mass is 1130 g/mol. The number of carbonyl (C=O) groups is 2. The number of esters is 1. The van der Waals surface area contributed by atoms with Gasteiger partial charge >= 0.3 is 5.97 Å². The van der Waals surface area contributed by atoms with Crippen molar-refractivity contribution in [1.82, 2.24) is 5.32 Å². The summed E-state index contributed by atoms with van der Waals surface area (Å²) in [6.45, 7) is 4.98. The molecule has 80 heavy (non-hydrogen) atoms. The maximum absolute atomic E-state index is 12.5. The minimum atomic E-state index is -0.661. The summed E-state index contributed by atoms with van der Waals surface area (Å²) in [6.07, 6.45) is 88.2. The second-order valence-electron chi connectivity index (χ2n) is 25.3. The van der Waals surface area contributed by atoms with Crippen LogP contribution in [0.15, 0.2) is 24.3 Å². The third-order valence-corrected chi connectivity index (χ3v) is 17.2.